The molecule has 3 aromatic heterocycles. The van der Waals surface area contributed by atoms with E-state index >= 15 is 0 Å². The van der Waals surface area contributed by atoms with E-state index < -0.39 is 0 Å². The van der Waals surface area contributed by atoms with Crippen LogP contribution in [0.25, 0.3) is 16.7 Å². The average molecular weight is 461 g/mol. The third-order valence-corrected chi connectivity index (χ3v) is 7.14. The topological polar surface area (TPSA) is 84.7 Å². The Bertz CT molecular complexity index is 1290. The first-order chi connectivity index (χ1) is 16.0. The van der Waals surface area contributed by atoms with E-state index in [1.807, 2.05) is 35.3 Å². The van der Waals surface area contributed by atoms with Gasteiger partial charge >= 0.3 is 0 Å². The molecule has 1 amide bonds. The monoisotopic (exact) mass is 460 g/mol. The first-order valence-corrected chi connectivity index (χ1v) is 12.3. The molecule has 0 aliphatic heterocycles. The quantitative estimate of drug-likeness (QED) is 0.440. The summed E-state index contributed by atoms with van der Waals surface area (Å²) >= 11 is 1.48. The van der Waals surface area contributed by atoms with E-state index in [0.29, 0.717) is 11.9 Å². The number of rotatable bonds is 5. The molecule has 0 spiro atoms. The van der Waals surface area contributed by atoms with Gasteiger partial charge in [0.25, 0.3) is 5.91 Å². The highest BCUT2D eigenvalue weighted by Gasteiger charge is 2.24. The van der Waals surface area contributed by atoms with Gasteiger partial charge in [-0.05, 0) is 69.5 Å². The van der Waals surface area contributed by atoms with Crippen LogP contribution in [0.4, 0.5) is 5.82 Å². The van der Waals surface area contributed by atoms with Crippen LogP contribution in [0.15, 0.2) is 41.9 Å². The second-order valence-electron chi connectivity index (χ2n) is 8.85. The second-order valence-corrected chi connectivity index (χ2v) is 9.79. The summed E-state index contributed by atoms with van der Waals surface area (Å²) in [5.41, 5.74) is 4.23. The van der Waals surface area contributed by atoms with Gasteiger partial charge < -0.3 is 10.6 Å². The molecule has 4 aromatic rings. The van der Waals surface area contributed by atoms with E-state index in [0.717, 1.165) is 58.7 Å². The number of hydrogen-bond donors (Lipinski definition) is 2. The molecular formula is C25H28N6OS. The first kappa shape index (κ1) is 21.6. The third kappa shape index (κ3) is 4.48. The number of hydrogen-bond acceptors (Lipinski definition) is 6. The summed E-state index contributed by atoms with van der Waals surface area (Å²) < 4.78 is 1.90. The molecule has 1 aliphatic rings. The number of carbonyl (C=O) groups is 1. The summed E-state index contributed by atoms with van der Waals surface area (Å²) in [6.45, 7) is 6.11. The number of carbonyl (C=O) groups excluding carboxylic acids is 1. The molecule has 0 unspecified atom stereocenters. The van der Waals surface area contributed by atoms with Gasteiger partial charge in [0.05, 0.1) is 22.1 Å². The van der Waals surface area contributed by atoms with Crippen LogP contribution in [0.2, 0.25) is 0 Å². The lowest BCUT2D eigenvalue weighted by atomic mass is 9.91. The fourth-order valence-electron chi connectivity index (χ4n) is 4.59. The zero-order chi connectivity index (χ0) is 22.9. The average Bonchev–Trinajstić information content (AvgIpc) is 3.46. The molecule has 0 bridgehead atoms. The number of anilines is 1. The Morgan fingerprint density at radius 3 is 2.58 bits per heavy atom. The second kappa shape index (κ2) is 8.94. The molecule has 1 aliphatic carbocycles. The molecule has 5 rings (SSSR count). The Kier molecular flexibility index (Phi) is 5.85. The smallest absolute Gasteiger partial charge is 0.261 e. The molecule has 33 heavy (non-hydrogen) atoms. The summed E-state index contributed by atoms with van der Waals surface area (Å²) in [5.74, 6) is 1.58. The third-order valence-electron chi connectivity index (χ3n) is 6.27. The van der Waals surface area contributed by atoms with Crippen LogP contribution in [-0.2, 0) is 0 Å². The molecule has 1 aromatic carbocycles. The number of thiophene rings is 1. The van der Waals surface area contributed by atoms with E-state index in [1.54, 1.807) is 0 Å². The van der Waals surface area contributed by atoms with E-state index in [4.69, 9.17) is 9.97 Å². The van der Waals surface area contributed by atoms with Gasteiger partial charge in [-0.1, -0.05) is 23.8 Å². The van der Waals surface area contributed by atoms with Crippen molar-refractivity contribution < 1.29 is 4.79 Å². The van der Waals surface area contributed by atoms with Crippen molar-refractivity contribution >= 4 is 34.1 Å². The number of benzene rings is 1. The van der Waals surface area contributed by atoms with Gasteiger partial charge in [0.2, 0.25) is 0 Å². The molecule has 3 heterocycles. The van der Waals surface area contributed by atoms with Crippen molar-refractivity contribution in [1.29, 1.82) is 0 Å². The van der Waals surface area contributed by atoms with Crippen molar-refractivity contribution in [2.24, 2.45) is 0 Å². The largest absolute Gasteiger partial charge is 0.367 e. The maximum absolute atomic E-state index is 12.3. The Morgan fingerprint density at radius 1 is 1.06 bits per heavy atom. The number of nitrogens with zero attached hydrogens (tertiary/aromatic N) is 4. The Hall–Kier alpha value is -3.26. The first-order valence-electron chi connectivity index (χ1n) is 11.4. The zero-order valence-corrected chi connectivity index (χ0v) is 19.9. The van der Waals surface area contributed by atoms with Gasteiger partial charge in [-0.3, -0.25) is 4.79 Å². The van der Waals surface area contributed by atoms with Gasteiger partial charge in [-0.2, -0.15) is 5.10 Å². The van der Waals surface area contributed by atoms with E-state index in [-0.39, 0.29) is 11.9 Å². The minimum absolute atomic E-state index is 0.0355. The molecule has 170 valence electrons. The Morgan fingerprint density at radius 2 is 1.85 bits per heavy atom. The summed E-state index contributed by atoms with van der Waals surface area (Å²) in [7, 11) is 0. The fraction of sp³-hybridized carbons (Fsp3) is 0.360. The standard InChI is InChI=1S/C25H28N6OS/c1-15-6-11-21(16(2)13-15)31-24-20(14-26-31)23(27-17(3)28-24)29-18-7-9-19(10-8-18)30-25(32)22-5-4-12-33-22/h4-6,11-14,18-19H,7-10H2,1-3H3,(H,30,32)(H,27,28,29). The lowest BCUT2D eigenvalue weighted by Gasteiger charge is -2.30. The van der Waals surface area contributed by atoms with E-state index in [1.165, 1.54) is 16.9 Å². The minimum Gasteiger partial charge on any atom is -0.367 e. The molecular weight excluding hydrogens is 432 g/mol. The number of nitrogens with one attached hydrogen (secondary N) is 2. The lowest BCUT2D eigenvalue weighted by Crippen LogP contribution is -2.40. The highest BCUT2D eigenvalue weighted by Crippen LogP contribution is 2.28. The molecule has 8 heteroatoms. The maximum atomic E-state index is 12.3. The van der Waals surface area contributed by atoms with Crippen molar-refractivity contribution in [3.63, 3.8) is 0 Å². The summed E-state index contributed by atoms with van der Waals surface area (Å²) in [5, 5.41) is 14.3. The minimum atomic E-state index is 0.0355. The number of aryl methyl sites for hydroxylation is 3. The maximum Gasteiger partial charge on any atom is 0.261 e. The Balaban J connectivity index is 1.31. The predicted octanol–water partition coefficient (Wildman–Crippen LogP) is 4.96. The van der Waals surface area contributed by atoms with Crippen LogP contribution in [-0.4, -0.2) is 37.7 Å². The molecule has 1 saturated carbocycles. The van der Waals surface area contributed by atoms with Gasteiger partial charge in [-0.25, -0.2) is 14.6 Å². The van der Waals surface area contributed by atoms with Gasteiger partial charge in [0.1, 0.15) is 11.6 Å². The molecule has 0 saturated heterocycles. The summed E-state index contributed by atoms with van der Waals surface area (Å²) in [6, 6.07) is 10.7. The van der Waals surface area contributed by atoms with Crippen molar-refractivity contribution in [2.45, 2.75) is 58.5 Å². The molecule has 2 N–H and O–H groups in total. The predicted molar refractivity (Wildman–Crippen MR) is 132 cm³/mol. The van der Waals surface area contributed by atoms with Crippen LogP contribution in [0, 0.1) is 20.8 Å². The van der Waals surface area contributed by atoms with Gasteiger partial charge in [0.15, 0.2) is 5.65 Å². The van der Waals surface area contributed by atoms with Crippen LogP contribution in [0.1, 0.15) is 52.3 Å². The van der Waals surface area contributed by atoms with Crippen LogP contribution in [0.5, 0.6) is 0 Å². The van der Waals surface area contributed by atoms with Crippen molar-refractivity contribution in [1.82, 2.24) is 25.1 Å². The lowest BCUT2D eigenvalue weighted by molar-refractivity contribution is 0.0930. The normalized spacial score (nSPS) is 18.4. The summed E-state index contributed by atoms with van der Waals surface area (Å²) in [6.07, 6.45) is 5.70. The fourth-order valence-corrected chi connectivity index (χ4v) is 5.21. The number of fused-ring (bicyclic) bond motifs is 1. The molecule has 0 radical (unpaired) electrons. The van der Waals surface area contributed by atoms with Crippen LogP contribution < -0.4 is 10.6 Å². The van der Waals surface area contributed by atoms with Crippen molar-refractivity contribution in [3.05, 3.63) is 63.7 Å². The van der Waals surface area contributed by atoms with Crippen LogP contribution in [0.3, 0.4) is 0 Å². The molecule has 0 atom stereocenters. The highest BCUT2D eigenvalue weighted by molar-refractivity contribution is 7.12. The van der Waals surface area contributed by atoms with Crippen LogP contribution >= 0.6 is 11.3 Å². The van der Waals surface area contributed by atoms with Gasteiger partial charge in [0, 0.05) is 12.1 Å². The highest BCUT2D eigenvalue weighted by atomic mass is 32.1. The molecule has 7 nitrogen and oxygen atoms in total. The van der Waals surface area contributed by atoms with Crippen molar-refractivity contribution in [3.8, 4) is 5.69 Å². The Labute approximate surface area is 197 Å². The summed E-state index contributed by atoms with van der Waals surface area (Å²) in [4.78, 5) is 22.5. The zero-order valence-electron chi connectivity index (χ0n) is 19.1. The van der Waals surface area contributed by atoms with Gasteiger partial charge in [-0.15, -0.1) is 11.3 Å². The van der Waals surface area contributed by atoms with Crippen molar-refractivity contribution in [2.75, 3.05) is 5.32 Å². The number of aromatic nitrogens is 4. The van der Waals surface area contributed by atoms with E-state index in [2.05, 4.69) is 47.8 Å². The number of amides is 1. The SMILES string of the molecule is Cc1ccc(-n2ncc3c(NC4CCC(NC(=O)c5cccs5)CC4)nc(C)nc32)c(C)c1. The van der Waals surface area contributed by atoms with E-state index in [9.17, 15) is 4.79 Å². The molecule has 1 fully saturated rings.